The molecule has 0 atom stereocenters. The molecule has 8 nitrogen and oxygen atoms in total. The monoisotopic (exact) mass is 465 g/mol. The fourth-order valence-electron chi connectivity index (χ4n) is 3.65. The lowest BCUT2D eigenvalue weighted by Gasteiger charge is -2.35. The summed E-state index contributed by atoms with van der Waals surface area (Å²) < 4.78 is 27.6. The lowest BCUT2D eigenvalue weighted by atomic mass is 10.1. The van der Waals surface area contributed by atoms with E-state index in [0.29, 0.717) is 31.7 Å². The SMILES string of the molecule is O=C(c1cccc(NS(=O)(=O)c2ccccc2)c1)N1CCN(C(=O)c2ccccc2O)CC1. The number of phenolic OH excluding ortho intramolecular Hbond substituents is 1. The summed E-state index contributed by atoms with van der Waals surface area (Å²) in [6, 6.07) is 20.7. The van der Waals surface area contributed by atoms with Crippen LogP contribution in [0.5, 0.6) is 5.75 Å². The van der Waals surface area contributed by atoms with E-state index in [4.69, 9.17) is 0 Å². The molecule has 170 valence electrons. The number of carbonyl (C=O) groups is 2. The Kier molecular flexibility index (Phi) is 6.32. The molecule has 1 fully saturated rings. The summed E-state index contributed by atoms with van der Waals surface area (Å²) in [6.45, 7) is 1.33. The molecule has 0 radical (unpaired) electrons. The lowest BCUT2D eigenvalue weighted by Crippen LogP contribution is -2.50. The molecule has 2 N–H and O–H groups in total. The van der Waals surface area contributed by atoms with Crippen LogP contribution in [0, 0.1) is 0 Å². The van der Waals surface area contributed by atoms with Crippen molar-refractivity contribution in [1.29, 1.82) is 0 Å². The Labute approximate surface area is 192 Å². The topological polar surface area (TPSA) is 107 Å². The van der Waals surface area contributed by atoms with Crippen LogP contribution in [0.2, 0.25) is 0 Å². The number of para-hydroxylation sites is 1. The van der Waals surface area contributed by atoms with Crippen molar-refractivity contribution in [1.82, 2.24) is 9.80 Å². The van der Waals surface area contributed by atoms with Crippen molar-refractivity contribution in [3.63, 3.8) is 0 Å². The first-order valence-electron chi connectivity index (χ1n) is 10.4. The Bertz CT molecular complexity index is 1270. The van der Waals surface area contributed by atoms with Gasteiger partial charge in [-0.1, -0.05) is 36.4 Å². The number of phenols is 1. The van der Waals surface area contributed by atoms with E-state index in [9.17, 15) is 23.1 Å². The van der Waals surface area contributed by atoms with E-state index in [0.717, 1.165) is 0 Å². The molecule has 0 saturated carbocycles. The largest absolute Gasteiger partial charge is 0.507 e. The van der Waals surface area contributed by atoms with E-state index in [1.165, 1.54) is 24.3 Å². The third-order valence-corrected chi connectivity index (χ3v) is 6.80. The highest BCUT2D eigenvalue weighted by Gasteiger charge is 2.27. The van der Waals surface area contributed by atoms with E-state index >= 15 is 0 Å². The minimum absolute atomic E-state index is 0.0734. The third-order valence-electron chi connectivity index (χ3n) is 5.40. The maximum atomic E-state index is 13.0. The highest BCUT2D eigenvalue weighted by Crippen LogP contribution is 2.21. The van der Waals surface area contributed by atoms with Crippen LogP contribution < -0.4 is 4.72 Å². The predicted molar refractivity (Wildman–Crippen MR) is 124 cm³/mol. The van der Waals surface area contributed by atoms with Gasteiger partial charge >= 0.3 is 0 Å². The van der Waals surface area contributed by atoms with Gasteiger partial charge in [0, 0.05) is 37.4 Å². The molecule has 3 aromatic carbocycles. The van der Waals surface area contributed by atoms with Crippen LogP contribution in [0.15, 0.2) is 83.8 Å². The zero-order valence-electron chi connectivity index (χ0n) is 17.7. The molecule has 0 aliphatic carbocycles. The molecule has 0 aromatic heterocycles. The minimum atomic E-state index is -3.77. The van der Waals surface area contributed by atoms with Gasteiger partial charge in [0.2, 0.25) is 0 Å². The highest BCUT2D eigenvalue weighted by atomic mass is 32.2. The second-order valence-electron chi connectivity index (χ2n) is 7.60. The van der Waals surface area contributed by atoms with Crippen LogP contribution in [0.3, 0.4) is 0 Å². The fourth-order valence-corrected chi connectivity index (χ4v) is 4.72. The predicted octanol–water partition coefficient (Wildman–Crippen LogP) is 2.79. The summed E-state index contributed by atoms with van der Waals surface area (Å²) in [6.07, 6.45) is 0. The molecular formula is C24H23N3O5S. The zero-order valence-corrected chi connectivity index (χ0v) is 18.5. The smallest absolute Gasteiger partial charge is 0.261 e. The van der Waals surface area contributed by atoms with E-state index in [2.05, 4.69) is 4.72 Å². The van der Waals surface area contributed by atoms with Gasteiger partial charge in [-0.05, 0) is 42.5 Å². The van der Waals surface area contributed by atoms with Crippen LogP contribution in [-0.2, 0) is 10.0 Å². The van der Waals surface area contributed by atoms with Crippen LogP contribution in [0.25, 0.3) is 0 Å². The van der Waals surface area contributed by atoms with E-state index in [-0.39, 0.29) is 33.7 Å². The summed E-state index contributed by atoms with van der Waals surface area (Å²) in [4.78, 5) is 29.0. The average Bonchev–Trinajstić information content (AvgIpc) is 2.84. The van der Waals surface area contributed by atoms with Gasteiger partial charge in [-0.3, -0.25) is 14.3 Å². The summed E-state index contributed by atoms with van der Waals surface area (Å²) in [5.74, 6) is -0.598. The second kappa shape index (κ2) is 9.33. The number of hydrogen-bond donors (Lipinski definition) is 2. The Morgan fingerprint density at radius 3 is 2.03 bits per heavy atom. The van der Waals surface area contributed by atoms with Gasteiger partial charge in [0.1, 0.15) is 5.75 Å². The van der Waals surface area contributed by atoms with Gasteiger partial charge in [0.05, 0.1) is 10.5 Å². The molecule has 0 unspecified atom stereocenters. The molecule has 1 saturated heterocycles. The summed E-state index contributed by atoms with van der Waals surface area (Å²) >= 11 is 0. The van der Waals surface area contributed by atoms with Crippen molar-refractivity contribution < 1.29 is 23.1 Å². The van der Waals surface area contributed by atoms with Gasteiger partial charge in [0.25, 0.3) is 21.8 Å². The second-order valence-corrected chi connectivity index (χ2v) is 9.28. The normalized spacial score (nSPS) is 14.1. The summed E-state index contributed by atoms with van der Waals surface area (Å²) in [7, 11) is -3.77. The number of benzene rings is 3. The first-order valence-corrected chi connectivity index (χ1v) is 11.9. The number of piperazine rings is 1. The van der Waals surface area contributed by atoms with E-state index in [1.54, 1.807) is 64.4 Å². The molecule has 1 heterocycles. The van der Waals surface area contributed by atoms with Crippen LogP contribution in [0.1, 0.15) is 20.7 Å². The molecule has 3 aromatic rings. The first-order chi connectivity index (χ1) is 15.8. The third kappa shape index (κ3) is 4.98. The van der Waals surface area contributed by atoms with Gasteiger partial charge in [0.15, 0.2) is 0 Å². The molecule has 33 heavy (non-hydrogen) atoms. The van der Waals surface area contributed by atoms with Crippen molar-refractivity contribution in [3.8, 4) is 5.75 Å². The number of amides is 2. The van der Waals surface area contributed by atoms with Gasteiger partial charge in [-0.2, -0.15) is 0 Å². The first kappa shape index (κ1) is 22.3. The molecular weight excluding hydrogens is 442 g/mol. The number of aromatic hydroxyl groups is 1. The number of rotatable bonds is 5. The number of nitrogens with zero attached hydrogens (tertiary/aromatic N) is 2. The van der Waals surface area contributed by atoms with Crippen molar-refractivity contribution in [2.45, 2.75) is 4.90 Å². The van der Waals surface area contributed by atoms with Crippen molar-refractivity contribution in [2.75, 3.05) is 30.9 Å². The summed E-state index contributed by atoms with van der Waals surface area (Å²) in [5.41, 5.74) is 0.873. The molecule has 1 aliphatic rings. The summed E-state index contributed by atoms with van der Waals surface area (Å²) in [5, 5.41) is 9.92. The van der Waals surface area contributed by atoms with E-state index < -0.39 is 10.0 Å². The molecule has 2 amide bonds. The Balaban J connectivity index is 1.41. The standard InChI is InChI=1S/C24H23N3O5S/c28-22-12-5-4-11-21(22)24(30)27-15-13-26(14-16-27)23(29)18-7-6-8-19(17-18)25-33(31,32)20-9-2-1-3-10-20/h1-12,17,25,28H,13-16H2. The highest BCUT2D eigenvalue weighted by molar-refractivity contribution is 7.92. The molecule has 0 bridgehead atoms. The van der Waals surface area contributed by atoms with Crippen LogP contribution in [0.4, 0.5) is 5.69 Å². The number of carbonyl (C=O) groups excluding carboxylic acids is 2. The van der Waals surface area contributed by atoms with Crippen LogP contribution in [-0.4, -0.2) is 61.3 Å². The molecule has 1 aliphatic heterocycles. The number of anilines is 1. The number of sulfonamides is 1. The maximum Gasteiger partial charge on any atom is 0.261 e. The average molecular weight is 466 g/mol. The fraction of sp³-hybridized carbons (Fsp3) is 0.167. The zero-order chi connectivity index (χ0) is 23.4. The molecule has 9 heteroatoms. The van der Waals surface area contributed by atoms with Crippen molar-refractivity contribution in [3.05, 3.63) is 90.0 Å². The molecule has 0 spiro atoms. The Morgan fingerprint density at radius 1 is 0.758 bits per heavy atom. The van der Waals surface area contributed by atoms with Crippen molar-refractivity contribution >= 4 is 27.5 Å². The Hall–Kier alpha value is -3.85. The molecule has 4 rings (SSSR count). The van der Waals surface area contributed by atoms with Crippen molar-refractivity contribution in [2.24, 2.45) is 0 Å². The number of hydrogen-bond acceptors (Lipinski definition) is 5. The van der Waals surface area contributed by atoms with Gasteiger partial charge < -0.3 is 14.9 Å². The van der Waals surface area contributed by atoms with Gasteiger partial charge in [-0.15, -0.1) is 0 Å². The van der Waals surface area contributed by atoms with Crippen LogP contribution >= 0.6 is 0 Å². The Morgan fingerprint density at radius 2 is 1.36 bits per heavy atom. The maximum absolute atomic E-state index is 13.0. The number of nitrogens with one attached hydrogen (secondary N) is 1. The quantitative estimate of drug-likeness (QED) is 0.603. The lowest BCUT2D eigenvalue weighted by molar-refractivity contribution is 0.0533. The van der Waals surface area contributed by atoms with Gasteiger partial charge in [-0.25, -0.2) is 8.42 Å². The minimum Gasteiger partial charge on any atom is -0.507 e. The van der Waals surface area contributed by atoms with E-state index in [1.807, 2.05) is 0 Å².